The normalized spacial score (nSPS) is 15.5. The standard InChI is InChI=1S/C18H25N3O2S/c1-3-22-17-7-5-4-6-16(17)21-10-8-20(9-11-21)12-13-23-18-15(2)19-14-24-18/h4-7,14H,3,8-13H2,1-2H3. The van der Waals surface area contributed by atoms with Crippen LogP contribution in [0.2, 0.25) is 0 Å². The minimum Gasteiger partial charge on any atom is -0.492 e. The highest BCUT2D eigenvalue weighted by Crippen LogP contribution is 2.28. The van der Waals surface area contributed by atoms with E-state index in [0.717, 1.165) is 55.8 Å². The molecule has 1 aromatic heterocycles. The first kappa shape index (κ1) is 17.0. The largest absolute Gasteiger partial charge is 0.492 e. The Balaban J connectivity index is 1.47. The lowest BCUT2D eigenvalue weighted by Gasteiger charge is -2.36. The maximum atomic E-state index is 5.82. The maximum absolute atomic E-state index is 5.82. The van der Waals surface area contributed by atoms with Crippen molar-refractivity contribution in [2.24, 2.45) is 0 Å². The van der Waals surface area contributed by atoms with Gasteiger partial charge in [0.2, 0.25) is 0 Å². The Kier molecular flexibility index (Phi) is 5.93. The molecule has 3 rings (SSSR count). The van der Waals surface area contributed by atoms with Gasteiger partial charge in [-0.25, -0.2) is 4.98 Å². The quantitative estimate of drug-likeness (QED) is 0.770. The van der Waals surface area contributed by atoms with Crippen LogP contribution in [-0.4, -0.2) is 55.8 Å². The molecule has 0 radical (unpaired) electrons. The fourth-order valence-corrected chi connectivity index (χ4v) is 3.59. The highest BCUT2D eigenvalue weighted by molar-refractivity contribution is 7.11. The Morgan fingerprint density at radius 1 is 1.12 bits per heavy atom. The molecule has 2 heterocycles. The second kappa shape index (κ2) is 8.35. The van der Waals surface area contributed by atoms with E-state index in [2.05, 4.69) is 33.0 Å². The molecule has 1 saturated heterocycles. The van der Waals surface area contributed by atoms with Crippen LogP contribution < -0.4 is 14.4 Å². The van der Waals surface area contributed by atoms with Crippen molar-refractivity contribution in [3.63, 3.8) is 0 Å². The first-order valence-electron chi connectivity index (χ1n) is 8.50. The highest BCUT2D eigenvalue weighted by atomic mass is 32.1. The Bertz CT molecular complexity index is 639. The fraction of sp³-hybridized carbons (Fsp3) is 0.500. The van der Waals surface area contributed by atoms with Gasteiger partial charge in [-0.3, -0.25) is 4.90 Å². The van der Waals surface area contributed by atoms with Gasteiger partial charge >= 0.3 is 0 Å². The number of aryl methyl sites for hydroxylation is 1. The zero-order valence-electron chi connectivity index (χ0n) is 14.4. The maximum Gasteiger partial charge on any atom is 0.196 e. The number of nitrogens with zero attached hydrogens (tertiary/aromatic N) is 3. The van der Waals surface area contributed by atoms with Gasteiger partial charge in [0.15, 0.2) is 5.06 Å². The van der Waals surface area contributed by atoms with E-state index in [-0.39, 0.29) is 0 Å². The number of ether oxygens (including phenoxy) is 2. The zero-order chi connectivity index (χ0) is 16.8. The Labute approximate surface area is 147 Å². The van der Waals surface area contributed by atoms with Gasteiger partial charge in [-0.2, -0.15) is 0 Å². The molecule has 0 N–H and O–H groups in total. The number of aromatic nitrogens is 1. The van der Waals surface area contributed by atoms with Crippen LogP contribution >= 0.6 is 11.3 Å². The van der Waals surface area contributed by atoms with Crippen LogP contribution in [0.5, 0.6) is 10.8 Å². The number of para-hydroxylation sites is 2. The number of anilines is 1. The third kappa shape index (κ3) is 4.19. The van der Waals surface area contributed by atoms with Crippen LogP contribution in [0.15, 0.2) is 29.8 Å². The molecule has 1 aromatic carbocycles. The molecule has 1 aliphatic rings. The zero-order valence-corrected chi connectivity index (χ0v) is 15.2. The molecule has 0 amide bonds. The molecule has 0 aliphatic carbocycles. The fourth-order valence-electron chi connectivity index (χ4n) is 2.91. The second-order valence-corrected chi connectivity index (χ2v) is 6.62. The van der Waals surface area contributed by atoms with Gasteiger partial charge in [0.05, 0.1) is 23.5 Å². The van der Waals surface area contributed by atoms with E-state index in [1.54, 1.807) is 11.3 Å². The minimum atomic E-state index is 0.700. The average Bonchev–Trinajstić information content (AvgIpc) is 3.02. The predicted molar refractivity (Wildman–Crippen MR) is 98.6 cm³/mol. The monoisotopic (exact) mass is 347 g/mol. The topological polar surface area (TPSA) is 37.8 Å². The highest BCUT2D eigenvalue weighted by Gasteiger charge is 2.19. The molecule has 0 saturated carbocycles. The summed E-state index contributed by atoms with van der Waals surface area (Å²) in [6, 6.07) is 8.31. The lowest BCUT2D eigenvalue weighted by Crippen LogP contribution is -2.47. The average molecular weight is 347 g/mol. The molecular weight excluding hydrogens is 322 g/mol. The molecular formula is C18H25N3O2S. The van der Waals surface area contributed by atoms with Crippen LogP contribution in [0.1, 0.15) is 12.6 Å². The van der Waals surface area contributed by atoms with Crippen LogP contribution in [0, 0.1) is 6.92 Å². The van der Waals surface area contributed by atoms with Crippen LogP contribution in [0.3, 0.4) is 0 Å². The van der Waals surface area contributed by atoms with Gasteiger partial charge in [0, 0.05) is 32.7 Å². The summed E-state index contributed by atoms with van der Waals surface area (Å²) in [6.07, 6.45) is 0. The predicted octanol–water partition coefficient (Wildman–Crippen LogP) is 3.05. The molecule has 24 heavy (non-hydrogen) atoms. The van der Waals surface area contributed by atoms with Gasteiger partial charge < -0.3 is 14.4 Å². The summed E-state index contributed by atoms with van der Waals surface area (Å²) < 4.78 is 11.6. The summed E-state index contributed by atoms with van der Waals surface area (Å²) in [5.41, 5.74) is 4.02. The van der Waals surface area contributed by atoms with E-state index >= 15 is 0 Å². The summed E-state index contributed by atoms with van der Waals surface area (Å²) in [5.74, 6) is 0.984. The summed E-state index contributed by atoms with van der Waals surface area (Å²) in [7, 11) is 0. The molecule has 1 fully saturated rings. The Morgan fingerprint density at radius 3 is 2.62 bits per heavy atom. The van der Waals surface area contributed by atoms with Gasteiger partial charge in [0.25, 0.3) is 0 Å². The van der Waals surface area contributed by atoms with E-state index in [1.807, 2.05) is 25.4 Å². The molecule has 0 spiro atoms. The molecule has 2 aromatic rings. The van der Waals surface area contributed by atoms with E-state index in [1.165, 1.54) is 5.69 Å². The summed E-state index contributed by atoms with van der Waals surface area (Å²) in [6.45, 7) is 10.5. The SMILES string of the molecule is CCOc1ccccc1N1CCN(CCOc2scnc2C)CC1. The first-order valence-corrected chi connectivity index (χ1v) is 9.38. The van der Waals surface area contributed by atoms with Crippen molar-refractivity contribution in [1.29, 1.82) is 0 Å². The van der Waals surface area contributed by atoms with Crippen molar-refractivity contribution in [3.05, 3.63) is 35.5 Å². The first-order chi connectivity index (χ1) is 11.8. The number of piperazine rings is 1. The van der Waals surface area contributed by atoms with E-state index in [0.29, 0.717) is 6.61 Å². The smallest absolute Gasteiger partial charge is 0.196 e. The van der Waals surface area contributed by atoms with Crippen molar-refractivity contribution in [3.8, 4) is 10.8 Å². The van der Waals surface area contributed by atoms with Crippen molar-refractivity contribution in [2.75, 3.05) is 50.8 Å². The summed E-state index contributed by atoms with van der Waals surface area (Å²) in [5, 5.41) is 0.944. The molecule has 6 heteroatoms. The lowest BCUT2D eigenvalue weighted by molar-refractivity contribution is 0.202. The van der Waals surface area contributed by atoms with Crippen molar-refractivity contribution in [2.45, 2.75) is 13.8 Å². The van der Waals surface area contributed by atoms with Gasteiger partial charge in [-0.15, -0.1) is 0 Å². The van der Waals surface area contributed by atoms with Gasteiger partial charge in [-0.05, 0) is 26.0 Å². The third-order valence-electron chi connectivity index (χ3n) is 4.22. The minimum absolute atomic E-state index is 0.700. The van der Waals surface area contributed by atoms with Crippen molar-refractivity contribution < 1.29 is 9.47 Å². The van der Waals surface area contributed by atoms with Gasteiger partial charge in [-0.1, -0.05) is 23.5 Å². The number of rotatable bonds is 7. The van der Waals surface area contributed by atoms with Crippen LogP contribution in [-0.2, 0) is 0 Å². The van der Waals surface area contributed by atoms with Crippen molar-refractivity contribution >= 4 is 17.0 Å². The summed E-state index contributed by atoms with van der Waals surface area (Å²) in [4.78, 5) is 9.08. The molecule has 0 bridgehead atoms. The van der Waals surface area contributed by atoms with Crippen LogP contribution in [0.25, 0.3) is 0 Å². The van der Waals surface area contributed by atoms with Gasteiger partial charge in [0.1, 0.15) is 12.4 Å². The Morgan fingerprint density at radius 2 is 1.92 bits per heavy atom. The van der Waals surface area contributed by atoms with Crippen LogP contribution in [0.4, 0.5) is 5.69 Å². The molecule has 0 atom stereocenters. The number of hydrogen-bond acceptors (Lipinski definition) is 6. The number of thiazole rings is 1. The number of benzene rings is 1. The Hall–Kier alpha value is -1.79. The van der Waals surface area contributed by atoms with E-state index < -0.39 is 0 Å². The van der Waals surface area contributed by atoms with Crippen molar-refractivity contribution in [1.82, 2.24) is 9.88 Å². The van der Waals surface area contributed by atoms with E-state index in [4.69, 9.17) is 9.47 Å². The van der Waals surface area contributed by atoms with E-state index in [9.17, 15) is 0 Å². The molecule has 130 valence electrons. The lowest BCUT2D eigenvalue weighted by atomic mass is 10.2. The summed E-state index contributed by atoms with van der Waals surface area (Å²) >= 11 is 1.57. The molecule has 5 nitrogen and oxygen atoms in total. The molecule has 1 aliphatic heterocycles. The third-order valence-corrected chi connectivity index (χ3v) is 5.06. The molecule has 0 unspecified atom stereocenters. The second-order valence-electron chi connectivity index (χ2n) is 5.80. The number of hydrogen-bond donors (Lipinski definition) is 0.